The normalized spacial score (nSPS) is 15.7. The average Bonchev–Trinajstić information content (AvgIpc) is 3.06. The van der Waals surface area contributed by atoms with E-state index in [1.165, 1.54) is 0 Å². The average molecular weight is 323 g/mol. The molecule has 1 fully saturated rings. The van der Waals surface area contributed by atoms with Crippen LogP contribution in [0.4, 0.5) is 5.82 Å². The fourth-order valence-electron chi connectivity index (χ4n) is 3.01. The Kier molecular flexibility index (Phi) is 4.15. The zero-order chi connectivity index (χ0) is 16.4. The molecule has 0 unspecified atom stereocenters. The van der Waals surface area contributed by atoms with E-state index in [1.807, 2.05) is 35.0 Å². The van der Waals surface area contributed by atoms with Crippen LogP contribution in [0, 0.1) is 0 Å². The van der Waals surface area contributed by atoms with Gasteiger partial charge in [-0.25, -0.2) is 9.50 Å². The minimum absolute atomic E-state index is 0.416. The first-order valence-corrected chi connectivity index (χ1v) is 8.32. The molecule has 0 amide bonds. The van der Waals surface area contributed by atoms with Crippen molar-refractivity contribution < 1.29 is 4.74 Å². The zero-order valence-corrected chi connectivity index (χ0v) is 13.5. The summed E-state index contributed by atoms with van der Waals surface area (Å²) >= 11 is 0. The molecule has 24 heavy (non-hydrogen) atoms. The molecular weight excluding hydrogens is 302 g/mol. The van der Waals surface area contributed by atoms with E-state index in [-0.39, 0.29) is 0 Å². The Labute approximate surface area is 140 Å². The number of nitrogens with two attached hydrogens (primary N) is 1. The Morgan fingerprint density at radius 3 is 2.67 bits per heavy atom. The highest BCUT2D eigenvalue weighted by atomic mass is 16.5. The first-order valence-electron chi connectivity index (χ1n) is 8.32. The summed E-state index contributed by atoms with van der Waals surface area (Å²) in [5.74, 6) is 0.868. The molecule has 3 N–H and O–H groups in total. The van der Waals surface area contributed by atoms with Crippen LogP contribution < -0.4 is 11.1 Å². The van der Waals surface area contributed by atoms with Crippen molar-refractivity contribution >= 4 is 11.5 Å². The van der Waals surface area contributed by atoms with Gasteiger partial charge in [0.05, 0.1) is 11.9 Å². The summed E-state index contributed by atoms with van der Waals surface area (Å²) in [6, 6.07) is 12.6. The predicted octanol–water partition coefficient (Wildman–Crippen LogP) is 2.45. The van der Waals surface area contributed by atoms with Gasteiger partial charge in [0.15, 0.2) is 5.65 Å². The van der Waals surface area contributed by atoms with Crippen molar-refractivity contribution in [1.82, 2.24) is 14.6 Å². The van der Waals surface area contributed by atoms with E-state index in [2.05, 4.69) is 22.4 Å². The first-order chi connectivity index (χ1) is 11.8. The number of imidazole rings is 1. The summed E-state index contributed by atoms with van der Waals surface area (Å²) < 4.78 is 7.29. The minimum Gasteiger partial charge on any atom is -0.381 e. The van der Waals surface area contributed by atoms with E-state index in [0.29, 0.717) is 12.6 Å². The highest BCUT2D eigenvalue weighted by molar-refractivity contribution is 5.64. The summed E-state index contributed by atoms with van der Waals surface area (Å²) in [4.78, 5) is 4.45. The molecule has 0 atom stereocenters. The van der Waals surface area contributed by atoms with Crippen LogP contribution in [0.15, 0.2) is 42.6 Å². The summed E-state index contributed by atoms with van der Waals surface area (Å²) in [6.07, 6.45) is 3.88. The van der Waals surface area contributed by atoms with Crippen LogP contribution in [0.1, 0.15) is 18.4 Å². The Morgan fingerprint density at radius 2 is 1.92 bits per heavy atom. The molecule has 6 nitrogen and oxygen atoms in total. The van der Waals surface area contributed by atoms with Gasteiger partial charge in [-0.3, -0.25) is 0 Å². The largest absolute Gasteiger partial charge is 0.381 e. The molecule has 6 heteroatoms. The zero-order valence-electron chi connectivity index (χ0n) is 13.5. The van der Waals surface area contributed by atoms with Crippen LogP contribution in [0.5, 0.6) is 0 Å². The molecule has 0 saturated carbocycles. The van der Waals surface area contributed by atoms with Crippen molar-refractivity contribution in [1.29, 1.82) is 0 Å². The smallest absolute Gasteiger partial charge is 0.154 e. The third-order valence-corrected chi connectivity index (χ3v) is 4.42. The van der Waals surface area contributed by atoms with Gasteiger partial charge in [0.25, 0.3) is 0 Å². The van der Waals surface area contributed by atoms with E-state index < -0.39 is 0 Å². The predicted molar refractivity (Wildman–Crippen MR) is 93.8 cm³/mol. The second-order valence-corrected chi connectivity index (χ2v) is 6.06. The molecule has 1 aliphatic rings. The number of nitrogens with one attached hydrogen (secondary N) is 1. The summed E-state index contributed by atoms with van der Waals surface area (Å²) in [5, 5.41) is 8.23. The summed E-state index contributed by atoms with van der Waals surface area (Å²) in [5.41, 5.74) is 9.68. The Bertz CT molecular complexity index is 821. The number of hydrogen-bond donors (Lipinski definition) is 2. The SMILES string of the molecule is NCc1ccc(-c2cnc3ccc(NC4CCOCC4)nn23)cc1. The second kappa shape index (κ2) is 6.59. The molecule has 0 spiro atoms. The van der Waals surface area contributed by atoms with Gasteiger partial charge >= 0.3 is 0 Å². The van der Waals surface area contributed by atoms with Crippen LogP contribution in [-0.2, 0) is 11.3 Å². The van der Waals surface area contributed by atoms with E-state index in [1.54, 1.807) is 0 Å². The van der Waals surface area contributed by atoms with Gasteiger partial charge in [-0.2, -0.15) is 0 Å². The molecule has 0 radical (unpaired) electrons. The van der Waals surface area contributed by atoms with E-state index in [9.17, 15) is 0 Å². The van der Waals surface area contributed by atoms with Gasteiger partial charge in [-0.1, -0.05) is 24.3 Å². The van der Waals surface area contributed by atoms with Gasteiger partial charge in [-0.05, 0) is 30.5 Å². The fourth-order valence-corrected chi connectivity index (χ4v) is 3.01. The molecule has 1 aliphatic heterocycles. The Hall–Kier alpha value is -2.44. The standard InChI is InChI=1S/C18H21N5O/c19-11-13-1-3-14(4-2-13)16-12-20-18-6-5-17(22-23(16)18)21-15-7-9-24-10-8-15/h1-6,12,15H,7-11,19H2,(H,21,22). The van der Waals surface area contributed by atoms with Gasteiger partial charge in [0.1, 0.15) is 5.82 Å². The number of ether oxygens (including phenoxy) is 1. The van der Waals surface area contributed by atoms with E-state index >= 15 is 0 Å². The number of anilines is 1. The van der Waals surface area contributed by atoms with Crippen molar-refractivity contribution in [3.8, 4) is 11.3 Å². The molecule has 3 heterocycles. The van der Waals surface area contributed by atoms with Crippen LogP contribution >= 0.6 is 0 Å². The molecule has 0 bridgehead atoms. The second-order valence-electron chi connectivity index (χ2n) is 6.06. The maximum Gasteiger partial charge on any atom is 0.154 e. The number of benzene rings is 1. The van der Waals surface area contributed by atoms with E-state index in [4.69, 9.17) is 15.6 Å². The first kappa shape index (κ1) is 15.1. The van der Waals surface area contributed by atoms with Crippen molar-refractivity contribution in [2.24, 2.45) is 5.73 Å². The minimum atomic E-state index is 0.416. The highest BCUT2D eigenvalue weighted by Gasteiger charge is 2.15. The summed E-state index contributed by atoms with van der Waals surface area (Å²) in [7, 11) is 0. The van der Waals surface area contributed by atoms with Crippen molar-refractivity contribution in [3.63, 3.8) is 0 Å². The molecule has 4 rings (SSSR count). The van der Waals surface area contributed by atoms with Gasteiger partial charge in [-0.15, -0.1) is 5.10 Å². The lowest BCUT2D eigenvalue weighted by molar-refractivity contribution is 0.0903. The van der Waals surface area contributed by atoms with Crippen molar-refractivity contribution in [2.45, 2.75) is 25.4 Å². The number of aromatic nitrogens is 3. The van der Waals surface area contributed by atoms with Gasteiger partial charge in [0, 0.05) is 31.4 Å². The molecular formula is C18H21N5O. The van der Waals surface area contributed by atoms with Crippen LogP contribution in [0.3, 0.4) is 0 Å². The maximum absolute atomic E-state index is 5.67. The Balaban J connectivity index is 1.64. The van der Waals surface area contributed by atoms with Gasteiger partial charge in [0.2, 0.25) is 0 Å². The number of fused-ring (bicyclic) bond motifs is 1. The molecule has 1 aromatic carbocycles. The quantitative estimate of drug-likeness (QED) is 0.771. The van der Waals surface area contributed by atoms with Crippen molar-refractivity contribution in [3.05, 3.63) is 48.2 Å². The molecule has 3 aromatic rings. The number of rotatable bonds is 4. The summed E-state index contributed by atoms with van der Waals surface area (Å²) in [6.45, 7) is 2.16. The van der Waals surface area contributed by atoms with E-state index in [0.717, 1.165) is 54.3 Å². The highest BCUT2D eigenvalue weighted by Crippen LogP contribution is 2.22. The molecule has 2 aromatic heterocycles. The Morgan fingerprint density at radius 1 is 1.12 bits per heavy atom. The monoisotopic (exact) mass is 323 g/mol. The van der Waals surface area contributed by atoms with Crippen LogP contribution in [0.2, 0.25) is 0 Å². The maximum atomic E-state index is 5.67. The lowest BCUT2D eigenvalue weighted by Gasteiger charge is -2.23. The molecule has 0 aliphatic carbocycles. The number of nitrogens with zero attached hydrogens (tertiary/aromatic N) is 3. The van der Waals surface area contributed by atoms with Crippen molar-refractivity contribution in [2.75, 3.05) is 18.5 Å². The number of hydrogen-bond acceptors (Lipinski definition) is 5. The lowest BCUT2D eigenvalue weighted by atomic mass is 10.1. The fraction of sp³-hybridized carbons (Fsp3) is 0.333. The topological polar surface area (TPSA) is 77.5 Å². The third-order valence-electron chi connectivity index (χ3n) is 4.42. The molecule has 1 saturated heterocycles. The van der Waals surface area contributed by atoms with Gasteiger partial charge < -0.3 is 15.8 Å². The van der Waals surface area contributed by atoms with Crippen LogP contribution in [-0.4, -0.2) is 33.9 Å². The van der Waals surface area contributed by atoms with Crippen LogP contribution in [0.25, 0.3) is 16.9 Å². The molecule has 124 valence electrons. The third kappa shape index (κ3) is 2.98. The lowest BCUT2D eigenvalue weighted by Crippen LogP contribution is -2.28.